The Labute approximate surface area is 138 Å². The van der Waals surface area contributed by atoms with E-state index in [1.165, 1.54) is 0 Å². The molecule has 21 heavy (non-hydrogen) atoms. The number of nitrogens with zero attached hydrogens (tertiary/aromatic N) is 3. The Morgan fingerprint density at radius 1 is 1.38 bits per heavy atom. The fraction of sp³-hybridized carbons (Fsp3) is 0.357. The summed E-state index contributed by atoms with van der Waals surface area (Å²) in [6, 6.07) is 5.24. The second-order valence-corrected chi connectivity index (χ2v) is 5.86. The van der Waals surface area contributed by atoms with Crippen molar-refractivity contribution in [3.05, 3.63) is 33.0 Å². The van der Waals surface area contributed by atoms with Crippen LogP contribution in [0.1, 0.15) is 26.7 Å². The smallest absolute Gasteiger partial charge is 0.216 e. The molecular formula is C14H16Cl2N4S. The lowest BCUT2D eigenvalue weighted by Crippen LogP contribution is -2.02. The van der Waals surface area contributed by atoms with Crippen molar-refractivity contribution >= 4 is 41.6 Å². The van der Waals surface area contributed by atoms with Crippen molar-refractivity contribution in [2.24, 2.45) is 11.0 Å². The number of benzene rings is 1. The molecule has 0 spiro atoms. The summed E-state index contributed by atoms with van der Waals surface area (Å²) in [6.07, 6.45) is 3.96. The summed E-state index contributed by atoms with van der Waals surface area (Å²) in [6.45, 7) is 4.26. The molecule has 0 unspecified atom stereocenters. The molecule has 0 saturated heterocycles. The van der Waals surface area contributed by atoms with Gasteiger partial charge in [-0.15, -0.1) is 0 Å². The van der Waals surface area contributed by atoms with Crippen molar-refractivity contribution in [2.75, 3.05) is 0 Å². The van der Waals surface area contributed by atoms with Crippen LogP contribution >= 0.6 is 35.4 Å². The van der Waals surface area contributed by atoms with Gasteiger partial charge in [-0.2, -0.15) is 14.9 Å². The van der Waals surface area contributed by atoms with Gasteiger partial charge in [-0.1, -0.05) is 37.0 Å². The van der Waals surface area contributed by atoms with Crippen LogP contribution in [0, 0.1) is 10.7 Å². The third-order valence-electron chi connectivity index (χ3n) is 3.26. The summed E-state index contributed by atoms with van der Waals surface area (Å²) in [5.41, 5.74) is 0.732. The molecule has 0 saturated carbocycles. The molecule has 7 heteroatoms. The van der Waals surface area contributed by atoms with Gasteiger partial charge in [0.25, 0.3) is 0 Å². The number of aromatic nitrogens is 3. The van der Waals surface area contributed by atoms with E-state index in [0.717, 1.165) is 18.4 Å². The third-order valence-corrected chi connectivity index (χ3v) is 4.08. The first-order valence-electron chi connectivity index (χ1n) is 6.74. The molecule has 0 fully saturated rings. The minimum absolute atomic E-state index is 0.412. The van der Waals surface area contributed by atoms with Gasteiger partial charge in [0.2, 0.25) is 4.77 Å². The van der Waals surface area contributed by atoms with E-state index in [1.54, 1.807) is 22.9 Å². The standard InChI is InChI=1S/C14H16Cl2N4S/c1-3-9(4-2)8-17-20-13(18-19-14(20)21)11-6-5-10(15)7-12(11)16/h5-9H,3-4H2,1-2H3,(H,19,21)/b17-8-. The Morgan fingerprint density at radius 2 is 2.10 bits per heavy atom. The van der Waals surface area contributed by atoms with E-state index >= 15 is 0 Å². The number of aromatic amines is 1. The first-order valence-corrected chi connectivity index (χ1v) is 7.90. The van der Waals surface area contributed by atoms with E-state index in [-0.39, 0.29) is 0 Å². The summed E-state index contributed by atoms with van der Waals surface area (Å²) in [4.78, 5) is 0. The molecule has 0 aliphatic heterocycles. The van der Waals surface area contributed by atoms with Gasteiger partial charge >= 0.3 is 0 Å². The number of halogens is 2. The molecule has 1 heterocycles. The molecule has 0 atom stereocenters. The molecule has 0 radical (unpaired) electrons. The molecular weight excluding hydrogens is 327 g/mol. The maximum absolute atomic E-state index is 6.22. The van der Waals surface area contributed by atoms with Crippen LogP contribution in [0.2, 0.25) is 10.0 Å². The molecule has 1 aromatic heterocycles. The maximum Gasteiger partial charge on any atom is 0.216 e. The second kappa shape index (κ2) is 7.20. The zero-order valence-corrected chi connectivity index (χ0v) is 14.1. The lowest BCUT2D eigenvalue weighted by atomic mass is 10.1. The van der Waals surface area contributed by atoms with Crippen molar-refractivity contribution in [1.29, 1.82) is 0 Å². The summed E-state index contributed by atoms with van der Waals surface area (Å²) in [7, 11) is 0. The molecule has 0 aliphatic carbocycles. The Hall–Kier alpha value is -1.17. The van der Waals surface area contributed by atoms with E-state index in [9.17, 15) is 0 Å². The normalized spacial score (nSPS) is 11.7. The number of nitrogens with one attached hydrogen (secondary N) is 1. The predicted octanol–water partition coefficient (Wildman–Crippen LogP) is 5.18. The highest BCUT2D eigenvalue weighted by Gasteiger charge is 2.12. The van der Waals surface area contributed by atoms with Crippen LogP contribution in [0.15, 0.2) is 23.3 Å². The van der Waals surface area contributed by atoms with E-state index < -0.39 is 0 Å². The average molecular weight is 343 g/mol. The second-order valence-electron chi connectivity index (χ2n) is 4.63. The Bertz CT molecular complexity index is 701. The number of hydrogen-bond donors (Lipinski definition) is 1. The van der Waals surface area contributed by atoms with Crippen LogP contribution in [-0.4, -0.2) is 21.1 Å². The fourth-order valence-corrected chi connectivity index (χ4v) is 2.58. The molecule has 4 nitrogen and oxygen atoms in total. The lowest BCUT2D eigenvalue weighted by Gasteiger charge is -2.06. The van der Waals surface area contributed by atoms with Crippen molar-refractivity contribution in [3.63, 3.8) is 0 Å². The van der Waals surface area contributed by atoms with Crippen LogP contribution in [0.4, 0.5) is 0 Å². The molecule has 2 aromatic rings. The highest BCUT2D eigenvalue weighted by atomic mass is 35.5. The van der Waals surface area contributed by atoms with Gasteiger partial charge in [-0.25, -0.2) is 5.10 Å². The van der Waals surface area contributed by atoms with Crippen LogP contribution < -0.4 is 0 Å². The van der Waals surface area contributed by atoms with Crippen LogP contribution in [0.25, 0.3) is 11.4 Å². The van der Waals surface area contributed by atoms with Gasteiger partial charge in [0, 0.05) is 16.8 Å². The van der Waals surface area contributed by atoms with Crippen molar-refractivity contribution in [1.82, 2.24) is 14.9 Å². The number of rotatable bonds is 5. The van der Waals surface area contributed by atoms with Crippen LogP contribution in [0.3, 0.4) is 0 Å². The van der Waals surface area contributed by atoms with Crippen molar-refractivity contribution in [3.8, 4) is 11.4 Å². The number of H-pyrrole nitrogens is 1. The van der Waals surface area contributed by atoms with E-state index in [4.69, 9.17) is 35.4 Å². The average Bonchev–Trinajstić information content (AvgIpc) is 2.81. The van der Waals surface area contributed by atoms with Crippen molar-refractivity contribution in [2.45, 2.75) is 26.7 Å². The molecule has 1 N–H and O–H groups in total. The maximum atomic E-state index is 6.22. The van der Waals surface area contributed by atoms with Gasteiger partial charge in [-0.05, 0) is 49.2 Å². The largest absolute Gasteiger partial charge is 0.250 e. The Kier molecular flexibility index (Phi) is 5.56. The third kappa shape index (κ3) is 3.73. The van der Waals surface area contributed by atoms with Gasteiger partial charge in [-0.3, -0.25) is 0 Å². The minimum atomic E-state index is 0.412. The zero-order chi connectivity index (χ0) is 15.4. The molecule has 0 aliphatic rings. The summed E-state index contributed by atoms with van der Waals surface area (Å²) in [5, 5.41) is 12.5. The first kappa shape index (κ1) is 16.2. The van der Waals surface area contributed by atoms with E-state index in [0.29, 0.717) is 26.6 Å². The van der Waals surface area contributed by atoms with Gasteiger partial charge in [0.15, 0.2) is 5.82 Å². The molecule has 112 valence electrons. The van der Waals surface area contributed by atoms with Gasteiger partial charge in [0.05, 0.1) is 5.02 Å². The quantitative estimate of drug-likeness (QED) is 0.600. The Balaban J connectivity index is 2.45. The van der Waals surface area contributed by atoms with Crippen molar-refractivity contribution < 1.29 is 0 Å². The zero-order valence-electron chi connectivity index (χ0n) is 11.8. The lowest BCUT2D eigenvalue weighted by molar-refractivity contribution is 0.647. The molecule has 1 aromatic carbocycles. The number of hydrogen-bond acceptors (Lipinski definition) is 3. The van der Waals surface area contributed by atoms with Gasteiger partial charge < -0.3 is 0 Å². The van der Waals surface area contributed by atoms with Crippen LogP contribution in [-0.2, 0) is 0 Å². The van der Waals surface area contributed by atoms with Crippen LogP contribution in [0.5, 0.6) is 0 Å². The van der Waals surface area contributed by atoms with Gasteiger partial charge in [0.1, 0.15) is 0 Å². The summed E-state index contributed by atoms with van der Waals surface area (Å²) in [5.74, 6) is 0.985. The van der Waals surface area contributed by atoms with E-state index in [2.05, 4.69) is 29.1 Å². The monoisotopic (exact) mass is 342 g/mol. The highest BCUT2D eigenvalue weighted by molar-refractivity contribution is 7.71. The minimum Gasteiger partial charge on any atom is -0.250 e. The molecule has 0 amide bonds. The van der Waals surface area contributed by atoms with E-state index in [1.807, 2.05) is 6.21 Å². The first-order chi connectivity index (χ1) is 10.1. The predicted molar refractivity (Wildman–Crippen MR) is 90.8 cm³/mol. The SMILES string of the molecule is CCC(/C=N\n1c(-c2ccc(Cl)cc2Cl)n[nH]c1=S)CC. The topological polar surface area (TPSA) is 46.0 Å². The highest BCUT2D eigenvalue weighted by Crippen LogP contribution is 2.29. The Morgan fingerprint density at radius 3 is 2.71 bits per heavy atom. The molecule has 2 rings (SSSR count). The summed E-state index contributed by atoms with van der Waals surface area (Å²) < 4.78 is 2.01. The molecule has 0 bridgehead atoms. The summed E-state index contributed by atoms with van der Waals surface area (Å²) >= 11 is 17.4. The fourth-order valence-electron chi connectivity index (χ4n) is 1.90.